The van der Waals surface area contributed by atoms with Crippen LogP contribution >= 0.6 is 0 Å². The van der Waals surface area contributed by atoms with Crippen molar-refractivity contribution >= 4 is 17.8 Å². The number of ether oxygens (including phenoxy) is 2. The molecule has 2 atom stereocenters. The van der Waals surface area contributed by atoms with Gasteiger partial charge in [-0.3, -0.25) is 14.9 Å². The number of carbonyl (C=O) groups is 3. The van der Waals surface area contributed by atoms with Gasteiger partial charge in [-0.05, 0) is 36.6 Å². The Kier molecular flexibility index (Phi) is 5.01. The molecule has 1 fully saturated rings. The molecule has 2 unspecified atom stereocenters. The molecule has 1 aromatic rings. The van der Waals surface area contributed by atoms with Crippen LogP contribution in [0, 0.1) is 5.92 Å². The fraction of sp³-hybridized carbons (Fsp3) is 0.500. The molecule has 2 aliphatic rings. The zero-order valence-electron chi connectivity index (χ0n) is 15.1. The van der Waals surface area contributed by atoms with Gasteiger partial charge >= 0.3 is 6.03 Å². The Morgan fingerprint density at radius 1 is 1.19 bits per heavy atom. The number of carbonyl (C=O) groups excluding carboxylic acids is 3. The van der Waals surface area contributed by atoms with E-state index in [1.165, 1.54) is 0 Å². The number of rotatable bonds is 4. The topological polar surface area (TPSA) is 97.0 Å². The first kappa shape index (κ1) is 18.0. The van der Waals surface area contributed by atoms with Crippen LogP contribution < -0.4 is 20.1 Å². The van der Waals surface area contributed by atoms with Crippen LogP contribution in [0.3, 0.4) is 0 Å². The fourth-order valence-electron chi connectivity index (χ4n) is 3.46. The van der Waals surface area contributed by atoms with Crippen LogP contribution in [0.2, 0.25) is 0 Å². The average Bonchev–Trinajstić information content (AvgIpc) is 2.62. The van der Waals surface area contributed by atoms with Crippen molar-refractivity contribution in [1.82, 2.24) is 15.5 Å². The molecule has 2 N–H and O–H groups in total. The zero-order valence-corrected chi connectivity index (χ0v) is 15.1. The van der Waals surface area contributed by atoms with Crippen LogP contribution in [0.1, 0.15) is 24.5 Å². The second kappa shape index (κ2) is 7.23. The smallest absolute Gasteiger partial charge is 0.321 e. The molecule has 0 spiro atoms. The maximum absolute atomic E-state index is 12.7. The molecule has 0 saturated carbocycles. The summed E-state index contributed by atoms with van der Waals surface area (Å²) in [5.41, 5.74) is 2.14. The predicted octanol–water partition coefficient (Wildman–Crippen LogP) is 0.823. The third-order valence-electron chi connectivity index (χ3n) is 5.00. The van der Waals surface area contributed by atoms with E-state index < -0.39 is 17.9 Å². The van der Waals surface area contributed by atoms with E-state index in [1.54, 1.807) is 26.0 Å². The number of urea groups is 1. The van der Waals surface area contributed by atoms with Crippen molar-refractivity contribution in [3.63, 3.8) is 0 Å². The third kappa shape index (κ3) is 3.44. The summed E-state index contributed by atoms with van der Waals surface area (Å²) in [6.45, 7) is 2.78. The van der Waals surface area contributed by atoms with E-state index in [-0.39, 0.29) is 18.4 Å². The first-order valence-electron chi connectivity index (χ1n) is 8.55. The third-order valence-corrected chi connectivity index (χ3v) is 5.00. The second-order valence-electron chi connectivity index (χ2n) is 6.60. The lowest BCUT2D eigenvalue weighted by atomic mass is 9.93. The molecule has 0 aromatic heterocycles. The number of amides is 4. The van der Waals surface area contributed by atoms with Crippen LogP contribution in [0.4, 0.5) is 4.79 Å². The monoisotopic (exact) mass is 361 g/mol. The molecular formula is C18H23N3O5. The summed E-state index contributed by atoms with van der Waals surface area (Å²) in [6.07, 6.45) is 0.778. The minimum atomic E-state index is -0.563. The van der Waals surface area contributed by atoms with Crippen molar-refractivity contribution in [2.75, 3.05) is 20.8 Å². The molecule has 2 aliphatic heterocycles. The van der Waals surface area contributed by atoms with Crippen LogP contribution in [0.15, 0.2) is 12.1 Å². The highest BCUT2D eigenvalue weighted by atomic mass is 16.5. The number of hydrogen-bond donors (Lipinski definition) is 2. The summed E-state index contributed by atoms with van der Waals surface area (Å²) in [5.74, 6) is 0.233. The van der Waals surface area contributed by atoms with Gasteiger partial charge in [0, 0.05) is 25.6 Å². The molecule has 0 radical (unpaired) electrons. The first-order valence-corrected chi connectivity index (χ1v) is 8.55. The van der Waals surface area contributed by atoms with E-state index in [0.717, 1.165) is 11.1 Å². The summed E-state index contributed by atoms with van der Waals surface area (Å²) >= 11 is 0. The zero-order chi connectivity index (χ0) is 18.8. The Morgan fingerprint density at radius 3 is 2.46 bits per heavy atom. The molecule has 0 aliphatic carbocycles. The van der Waals surface area contributed by atoms with E-state index >= 15 is 0 Å². The highest BCUT2D eigenvalue weighted by Gasteiger charge is 2.35. The molecule has 8 nitrogen and oxygen atoms in total. The first-order chi connectivity index (χ1) is 12.4. The van der Waals surface area contributed by atoms with Crippen molar-refractivity contribution in [3.8, 4) is 11.5 Å². The molecular weight excluding hydrogens is 338 g/mol. The van der Waals surface area contributed by atoms with Gasteiger partial charge in [-0.1, -0.05) is 0 Å². The largest absolute Gasteiger partial charge is 0.493 e. The van der Waals surface area contributed by atoms with Gasteiger partial charge in [-0.2, -0.15) is 0 Å². The minimum Gasteiger partial charge on any atom is -0.493 e. The Hall–Kier alpha value is -2.77. The predicted molar refractivity (Wildman–Crippen MR) is 92.9 cm³/mol. The maximum atomic E-state index is 12.7. The molecule has 4 amide bonds. The van der Waals surface area contributed by atoms with Gasteiger partial charge in [0.25, 0.3) is 0 Å². The van der Waals surface area contributed by atoms with Gasteiger partial charge in [-0.15, -0.1) is 0 Å². The molecule has 8 heteroatoms. The fourth-order valence-corrected chi connectivity index (χ4v) is 3.46. The molecule has 1 aromatic carbocycles. The SMILES string of the molecule is COc1cc2c(cc1OC)CN(C(=O)CC1C(=O)NC(=O)NC1C)CC2. The van der Waals surface area contributed by atoms with E-state index in [0.29, 0.717) is 31.0 Å². The van der Waals surface area contributed by atoms with Gasteiger partial charge in [0.05, 0.1) is 20.1 Å². The van der Waals surface area contributed by atoms with Crippen molar-refractivity contribution in [2.24, 2.45) is 5.92 Å². The van der Waals surface area contributed by atoms with Crippen LogP contribution in [0.5, 0.6) is 11.5 Å². The van der Waals surface area contributed by atoms with Crippen LogP contribution in [0.25, 0.3) is 0 Å². The van der Waals surface area contributed by atoms with E-state index in [1.807, 2.05) is 12.1 Å². The van der Waals surface area contributed by atoms with Crippen molar-refractivity contribution < 1.29 is 23.9 Å². The lowest BCUT2D eigenvalue weighted by Gasteiger charge is -2.33. The Balaban J connectivity index is 1.71. The Labute approximate surface area is 151 Å². The number of imide groups is 1. The number of benzene rings is 1. The number of nitrogens with one attached hydrogen (secondary N) is 2. The van der Waals surface area contributed by atoms with E-state index in [9.17, 15) is 14.4 Å². The quantitative estimate of drug-likeness (QED) is 0.828. The van der Waals surface area contributed by atoms with Gasteiger partial charge < -0.3 is 19.7 Å². The van der Waals surface area contributed by atoms with Gasteiger partial charge in [0.1, 0.15) is 0 Å². The van der Waals surface area contributed by atoms with E-state index in [2.05, 4.69) is 10.6 Å². The minimum absolute atomic E-state index is 0.0654. The number of fused-ring (bicyclic) bond motifs is 1. The van der Waals surface area contributed by atoms with Crippen molar-refractivity contribution in [3.05, 3.63) is 23.3 Å². The lowest BCUT2D eigenvalue weighted by molar-refractivity contribution is -0.137. The van der Waals surface area contributed by atoms with Crippen molar-refractivity contribution in [1.29, 1.82) is 0 Å². The summed E-state index contributed by atoms with van der Waals surface area (Å²) in [5, 5.41) is 4.86. The van der Waals surface area contributed by atoms with Crippen LogP contribution in [-0.4, -0.2) is 49.6 Å². The van der Waals surface area contributed by atoms with E-state index in [4.69, 9.17) is 9.47 Å². The summed E-state index contributed by atoms with van der Waals surface area (Å²) in [6, 6.07) is 2.95. The molecule has 0 bridgehead atoms. The number of methoxy groups -OCH3 is 2. The lowest BCUT2D eigenvalue weighted by Crippen LogP contribution is -2.58. The summed E-state index contributed by atoms with van der Waals surface area (Å²) in [7, 11) is 3.17. The average molecular weight is 361 g/mol. The standard InChI is InChI=1S/C18H23N3O5/c1-10-13(17(23)20-18(24)19-10)8-16(22)21-5-4-11-6-14(25-2)15(26-3)7-12(11)9-21/h6-7,10,13H,4-5,8-9H2,1-3H3,(H2,19,20,23,24). The highest BCUT2D eigenvalue weighted by Crippen LogP contribution is 2.33. The maximum Gasteiger partial charge on any atom is 0.321 e. The summed E-state index contributed by atoms with van der Waals surface area (Å²) in [4.78, 5) is 37.8. The summed E-state index contributed by atoms with van der Waals surface area (Å²) < 4.78 is 10.7. The molecule has 140 valence electrons. The van der Waals surface area contributed by atoms with Crippen LogP contribution in [-0.2, 0) is 22.6 Å². The molecule has 2 heterocycles. The highest BCUT2D eigenvalue weighted by molar-refractivity contribution is 6.00. The normalized spacial score (nSPS) is 22.2. The number of hydrogen-bond acceptors (Lipinski definition) is 5. The molecule has 3 rings (SSSR count). The Morgan fingerprint density at radius 2 is 1.85 bits per heavy atom. The molecule has 1 saturated heterocycles. The van der Waals surface area contributed by atoms with Gasteiger partial charge in [0.2, 0.25) is 11.8 Å². The van der Waals surface area contributed by atoms with Crippen molar-refractivity contribution in [2.45, 2.75) is 32.4 Å². The molecule has 26 heavy (non-hydrogen) atoms. The van der Waals surface area contributed by atoms with Gasteiger partial charge in [-0.25, -0.2) is 4.79 Å². The second-order valence-corrected chi connectivity index (χ2v) is 6.60. The van der Waals surface area contributed by atoms with Gasteiger partial charge in [0.15, 0.2) is 11.5 Å². The number of nitrogens with zero attached hydrogens (tertiary/aromatic N) is 1. The Bertz CT molecular complexity index is 749.